The van der Waals surface area contributed by atoms with Gasteiger partial charge in [0, 0.05) is 53.9 Å². The van der Waals surface area contributed by atoms with Crippen LogP contribution in [0.3, 0.4) is 0 Å². The first-order valence-corrected chi connectivity index (χ1v) is 9.47. The number of rotatable bonds is 6. The molecule has 0 fully saturated rings. The van der Waals surface area contributed by atoms with Gasteiger partial charge >= 0.3 is 5.82 Å². The largest absolute Gasteiger partial charge is 0.381 e. The molecule has 0 saturated heterocycles. The van der Waals surface area contributed by atoms with E-state index in [2.05, 4.69) is 33.9 Å². The Morgan fingerprint density at radius 3 is 2.66 bits per heavy atom. The second-order valence-corrected chi connectivity index (χ2v) is 6.89. The summed E-state index contributed by atoms with van der Waals surface area (Å²) in [6.45, 7) is 4.99. The third kappa shape index (κ3) is 3.44. The standard InChI is InChI=1S/C21H21N5O3/c1-3-25-18-7-5-4-6-16(18)17-12-15(8-9-19(17)25)23-21(27)10-11-24-13-20(26(28)29)22-14(24)2/h4-9,12-13H,3,10-11H2,1-2H3,(H,23,27). The molecule has 0 saturated carbocycles. The van der Waals surface area contributed by atoms with Crippen LogP contribution in [0, 0.1) is 17.0 Å². The molecule has 0 unspecified atom stereocenters. The number of carbonyl (C=O) groups is 1. The highest BCUT2D eigenvalue weighted by Gasteiger charge is 2.16. The Morgan fingerprint density at radius 2 is 1.93 bits per heavy atom. The van der Waals surface area contributed by atoms with Crippen LogP contribution in [0.4, 0.5) is 11.5 Å². The van der Waals surface area contributed by atoms with Crippen LogP contribution in [0.25, 0.3) is 21.8 Å². The highest BCUT2D eigenvalue weighted by molar-refractivity contribution is 6.09. The van der Waals surface area contributed by atoms with E-state index in [9.17, 15) is 14.9 Å². The Hall–Kier alpha value is -3.68. The molecule has 0 spiro atoms. The zero-order chi connectivity index (χ0) is 20.5. The molecule has 4 aromatic rings. The van der Waals surface area contributed by atoms with Gasteiger partial charge in [-0.05, 0) is 41.1 Å². The molecular formula is C21H21N5O3. The highest BCUT2D eigenvalue weighted by atomic mass is 16.6. The van der Waals surface area contributed by atoms with E-state index in [0.717, 1.165) is 28.5 Å². The van der Waals surface area contributed by atoms with E-state index < -0.39 is 4.92 Å². The predicted molar refractivity (Wildman–Crippen MR) is 112 cm³/mol. The fraction of sp³-hybridized carbons (Fsp3) is 0.238. The molecular weight excluding hydrogens is 370 g/mol. The van der Waals surface area contributed by atoms with Gasteiger partial charge in [-0.3, -0.25) is 4.79 Å². The molecule has 0 aliphatic carbocycles. The Labute approximate surface area is 166 Å². The van der Waals surface area contributed by atoms with Crippen molar-refractivity contribution in [1.29, 1.82) is 0 Å². The number of benzene rings is 2. The van der Waals surface area contributed by atoms with Gasteiger partial charge in [0.25, 0.3) is 0 Å². The van der Waals surface area contributed by atoms with E-state index in [0.29, 0.717) is 12.4 Å². The van der Waals surface area contributed by atoms with E-state index in [1.165, 1.54) is 11.7 Å². The van der Waals surface area contributed by atoms with Crippen LogP contribution in [-0.4, -0.2) is 24.9 Å². The average molecular weight is 391 g/mol. The first-order valence-electron chi connectivity index (χ1n) is 9.47. The lowest BCUT2D eigenvalue weighted by Crippen LogP contribution is -2.14. The summed E-state index contributed by atoms with van der Waals surface area (Å²) in [4.78, 5) is 26.6. The summed E-state index contributed by atoms with van der Waals surface area (Å²) in [5.41, 5.74) is 3.04. The van der Waals surface area contributed by atoms with E-state index in [4.69, 9.17) is 0 Å². The number of aromatic nitrogens is 3. The molecule has 29 heavy (non-hydrogen) atoms. The topological polar surface area (TPSA) is 95.0 Å². The molecule has 2 aromatic carbocycles. The molecule has 0 aliphatic rings. The van der Waals surface area contributed by atoms with Gasteiger partial charge < -0.3 is 24.6 Å². The van der Waals surface area contributed by atoms with Crippen LogP contribution in [0.1, 0.15) is 19.2 Å². The van der Waals surface area contributed by atoms with Crippen molar-refractivity contribution in [2.45, 2.75) is 33.4 Å². The van der Waals surface area contributed by atoms with Gasteiger partial charge in [0.05, 0.1) is 0 Å². The number of imidazole rings is 1. The minimum atomic E-state index is -0.536. The molecule has 148 valence electrons. The lowest BCUT2D eigenvalue weighted by Gasteiger charge is -2.07. The van der Waals surface area contributed by atoms with Gasteiger partial charge in [0.1, 0.15) is 6.20 Å². The fourth-order valence-electron chi connectivity index (χ4n) is 3.72. The number of amides is 1. The molecule has 2 heterocycles. The Bertz CT molecular complexity index is 1240. The lowest BCUT2D eigenvalue weighted by molar-refractivity contribution is -0.389. The smallest absolute Gasteiger partial charge is 0.358 e. The summed E-state index contributed by atoms with van der Waals surface area (Å²) in [6.07, 6.45) is 1.55. The molecule has 1 N–H and O–H groups in total. The van der Waals surface area contributed by atoms with Gasteiger partial charge in [0.2, 0.25) is 11.7 Å². The number of fused-ring (bicyclic) bond motifs is 3. The Morgan fingerprint density at radius 1 is 1.17 bits per heavy atom. The molecule has 0 atom stereocenters. The Kier molecular flexibility index (Phi) is 4.75. The molecule has 2 aromatic heterocycles. The number of nitro groups is 1. The van der Waals surface area contributed by atoms with Crippen LogP contribution >= 0.6 is 0 Å². The number of para-hydroxylation sites is 1. The summed E-state index contributed by atoms with van der Waals surface area (Å²) in [5, 5.41) is 16.0. The molecule has 0 radical (unpaired) electrons. The second-order valence-electron chi connectivity index (χ2n) is 6.89. The van der Waals surface area contributed by atoms with Crippen molar-refractivity contribution in [3.63, 3.8) is 0 Å². The van der Waals surface area contributed by atoms with E-state index in [-0.39, 0.29) is 18.1 Å². The zero-order valence-corrected chi connectivity index (χ0v) is 16.3. The van der Waals surface area contributed by atoms with Crippen LogP contribution in [0.5, 0.6) is 0 Å². The normalized spacial score (nSPS) is 11.2. The maximum absolute atomic E-state index is 12.4. The number of carbonyl (C=O) groups excluding carboxylic acids is 1. The SMILES string of the molecule is CCn1c2ccccc2c2cc(NC(=O)CCn3cc([N+](=O)[O-])nc3C)ccc21. The minimum Gasteiger partial charge on any atom is -0.358 e. The molecule has 4 rings (SSSR count). The lowest BCUT2D eigenvalue weighted by atomic mass is 10.1. The summed E-state index contributed by atoms with van der Waals surface area (Å²) in [5.74, 6) is 0.151. The molecule has 0 bridgehead atoms. The van der Waals surface area contributed by atoms with Crippen molar-refractivity contribution in [2.24, 2.45) is 0 Å². The van der Waals surface area contributed by atoms with Crippen molar-refractivity contribution in [3.05, 3.63) is 64.6 Å². The summed E-state index contributed by atoms with van der Waals surface area (Å²) in [6, 6.07) is 14.2. The zero-order valence-electron chi connectivity index (χ0n) is 16.3. The summed E-state index contributed by atoms with van der Waals surface area (Å²) in [7, 11) is 0. The monoisotopic (exact) mass is 391 g/mol. The number of hydrogen-bond donors (Lipinski definition) is 1. The number of anilines is 1. The maximum atomic E-state index is 12.4. The van der Waals surface area contributed by atoms with Crippen molar-refractivity contribution in [1.82, 2.24) is 14.1 Å². The average Bonchev–Trinajstić information content (AvgIpc) is 3.24. The number of aryl methyl sites for hydroxylation is 3. The van der Waals surface area contributed by atoms with Crippen LogP contribution in [0.15, 0.2) is 48.7 Å². The van der Waals surface area contributed by atoms with Crippen molar-refractivity contribution in [2.75, 3.05) is 5.32 Å². The third-order valence-corrected chi connectivity index (χ3v) is 5.10. The van der Waals surface area contributed by atoms with Gasteiger partial charge in [-0.15, -0.1) is 0 Å². The van der Waals surface area contributed by atoms with Crippen molar-refractivity contribution < 1.29 is 9.72 Å². The van der Waals surface area contributed by atoms with Gasteiger partial charge in [-0.25, -0.2) is 0 Å². The Balaban J connectivity index is 1.53. The van der Waals surface area contributed by atoms with Gasteiger partial charge in [-0.2, -0.15) is 0 Å². The van der Waals surface area contributed by atoms with Gasteiger partial charge in [-0.1, -0.05) is 18.2 Å². The summed E-state index contributed by atoms with van der Waals surface area (Å²) < 4.78 is 3.88. The second kappa shape index (κ2) is 7.38. The highest BCUT2D eigenvalue weighted by Crippen LogP contribution is 2.31. The number of hydrogen-bond acceptors (Lipinski definition) is 4. The molecule has 8 nitrogen and oxygen atoms in total. The van der Waals surface area contributed by atoms with Crippen molar-refractivity contribution in [3.8, 4) is 0 Å². The number of nitrogens with one attached hydrogen (secondary N) is 1. The first kappa shape index (κ1) is 18.7. The van der Waals surface area contributed by atoms with Crippen LogP contribution in [0.2, 0.25) is 0 Å². The minimum absolute atomic E-state index is 0.153. The van der Waals surface area contributed by atoms with Crippen molar-refractivity contribution >= 4 is 39.2 Å². The number of nitrogens with zero attached hydrogens (tertiary/aromatic N) is 4. The van der Waals surface area contributed by atoms with E-state index >= 15 is 0 Å². The molecule has 8 heteroatoms. The molecule has 1 amide bonds. The van der Waals surface area contributed by atoms with E-state index in [1.54, 1.807) is 11.5 Å². The maximum Gasteiger partial charge on any atom is 0.381 e. The quantitative estimate of drug-likeness (QED) is 0.392. The summed E-state index contributed by atoms with van der Waals surface area (Å²) >= 11 is 0. The van der Waals surface area contributed by atoms with Crippen LogP contribution in [-0.2, 0) is 17.9 Å². The third-order valence-electron chi connectivity index (χ3n) is 5.10. The first-order chi connectivity index (χ1) is 14.0. The predicted octanol–water partition coefficient (Wildman–Crippen LogP) is 4.26. The van der Waals surface area contributed by atoms with E-state index in [1.807, 2.05) is 30.3 Å². The fourth-order valence-corrected chi connectivity index (χ4v) is 3.72. The molecule has 0 aliphatic heterocycles. The van der Waals surface area contributed by atoms with Crippen LogP contribution < -0.4 is 5.32 Å². The van der Waals surface area contributed by atoms with Gasteiger partial charge in [0.15, 0.2) is 0 Å².